The average molecular weight is 423 g/mol. The smallest absolute Gasteiger partial charge is 0.404 e. The largest absolute Gasteiger partial charge is 0.530 e. The zero-order valence-corrected chi connectivity index (χ0v) is 19.6. The lowest BCUT2D eigenvalue weighted by Crippen LogP contribution is -2.23. The van der Waals surface area contributed by atoms with Crippen LogP contribution in [-0.4, -0.2) is 34.5 Å². The first-order valence-electron chi connectivity index (χ1n) is 8.82. The molecule has 150 valence electrons. The first-order chi connectivity index (χ1) is 11.8. The summed E-state index contributed by atoms with van der Waals surface area (Å²) in [6, 6.07) is 5.28. The van der Waals surface area contributed by atoms with E-state index in [1.807, 2.05) is 0 Å². The van der Waals surface area contributed by atoms with Crippen LogP contribution < -0.4 is 4.52 Å². The zero-order valence-electron chi connectivity index (χ0n) is 16.7. The maximum Gasteiger partial charge on any atom is 0.530 e. The van der Waals surface area contributed by atoms with E-state index in [2.05, 4.69) is 39.3 Å². The third-order valence-corrected chi connectivity index (χ3v) is 8.43. The Morgan fingerprint density at radius 2 is 1.50 bits per heavy atom. The lowest BCUT2D eigenvalue weighted by Gasteiger charge is -2.23. The van der Waals surface area contributed by atoms with Gasteiger partial charge in [0.25, 0.3) is 0 Å². The van der Waals surface area contributed by atoms with Gasteiger partial charge in [-0.15, -0.1) is 0 Å². The van der Waals surface area contributed by atoms with Gasteiger partial charge in [-0.1, -0.05) is 39.3 Å². The molecule has 0 aliphatic carbocycles. The Balaban J connectivity index is 2.90. The molecule has 0 aliphatic heterocycles. The van der Waals surface area contributed by atoms with E-state index in [0.29, 0.717) is 0 Å². The molecule has 0 saturated carbocycles. The van der Waals surface area contributed by atoms with Gasteiger partial charge >= 0.3 is 7.82 Å². The van der Waals surface area contributed by atoms with Gasteiger partial charge in [-0.2, -0.15) is 0 Å². The number of phosphoric acid groups is 1. The van der Waals surface area contributed by atoms with Crippen molar-refractivity contribution in [2.45, 2.75) is 58.0 Å². The molecule has 1 rings (SSSR count). The van der Waals surface area contributed by atoms with Crippen molar-refractivity contribution in [2.75, 3.05) is 13.2 Å². The minimum Gasteiger partial charge on any atom is -0.404 e. The van der Waals surface area contributed by atoms with Crippen LogP contribution in [0.3, 0.4) is 0 Å². The van der Waals surface area contributed by atoms with Crippen LogP contribution in [0.1, 0.15) is 5.56 Å². The summed E-state index contributed by atoms with van der Waals surface area (Å²) in [5.74, 6) is -0.395. The monoisotopic (exact) mass is 422 g/mol. The Morgan fingerprint density at radius 1 is 1.00 bits per heavy atom. The molecule has 0 atom stereocenters. The van der Waals surface area contributed by atoms with E-state index < -0.39 is 36.4 Å². The van der Waals surface area contributed by atoms with Gasteiger partial charge in [0.15, 0.2) is 0 Å². The summed E-state index contributed by atoms with van der Waals surface area (Å²) in [6.07, 6.45) is 0. The second kappa shape index (κ2) is 9.62. The summed E-state index contributed by atoms with van der Waals surface area (Å²) in [6.45, 7) is 13.3. The van der Waals surface area contributed by atoms with Crippen molar-refractivity contribution >= 4 is 24.0 Å². The molecular weight excluding hydrogens is 390 g/mol. The second-order valence-electron chi connectivity index (χ2n) is 8.74. The minimum absolute atomic E-state index is 0.109. The van der Waals surface area contributed by atoms with Gasteiger partial charge in [0, 0.05) is 21.7 Å². The molecule has 0 heterocycles. The van der Waals surface area contributed by atoms with Crippen molar-refractivity contribution in [3.05, 3.63) is 29.6 Å². The molecule has 0 spiro atoms. The van der Waals surface area contributed by atoms with E-state index in [4.69, 9.17) is 13.6 Å². The van der Waals surface area contributed by atoms with Gasteiger partial charge in [-0.3, -0.25) is 9.05 Å². The summed E-state index contributed by atoms with van der Waals surface area (Å²) in [5, 5.41) is 9.40. The fraction of sp³-hybridized carbons (Fsp3) is 0.647. The van der Waals surface area contributed by atoms with Gasteiger partial charge in [0.2, 0.25) is 0 Å². The second-order valence-corrected chi connectivity index (χ2v) is 21.6. The van der Waals surface area contributed by atoms with Crippen LogP contribution in [-0.2, 0) is 20.2 Å². The lowest BCUT2D eigenvalue weighted by atomic mass is 10.2. The molecule has 1 N–H and O–H groups in total. The van der Waals surface area contributed by atoms with Crippen LogP contribution in [0.4, 0.5) is 4.39 Å². The molecule has 9 heteroatoms. The van der Waals surface area contributed by atoms with Crippen molar-refractivity contribution in [2.24, 2.45) is 0 Å². The van der Waals surface area contributed by atoms with Gasteiger partial charge in [-0.25, -0.2) is 8.96 Å². The third-order valence-electron chi connectivity index (χ3n) is 3.61. The molecule has 26 heavy (non-hydrogen) atoms. The summed E-state index contributed by atoms with van der Waals surface area (Å²) in [4.78, 5) is 0. The van der Waals surface area contributed by atoms with E-state index in [1.165, 1.54) is 12.1 Å². The molecule has 1 aromatic rings. The number of rotatable bonds is 11. The molecular formula is C17H32FO5PSi2. The molecule has 5 nitrogen and oxygen atoms in total. The maximum absolute atomic E-state index is 13.3. The molecule has 0 amide bonds. The van der Waals surface area contributed by atoms with Gasteiger partial charge in [0.05, 0.1) is 19.8 Å². The Hall–Kier alpha value is -0.506. The summed E-state index contributed by atoms with van der Waals surface area (Å²) >= 11 is 0. The fourth-order valence-corrected chi connectivity index (χ4v) is 4.90. The average Bonchev–Trinajstić information content (AvgIpc) is 2.46. The van der Waals surface area contributed by atoms with E-state index in [-0.39, 0.29) is 24.5 Å². The minimum atomic E-state index is -3.86. The van der Waals surface area contributed by atoms with Crippen molar-refractivity contribution < 1.29 is 27.6 Å². The summed E-state index contributed by atoms with van der Waals surface area (Å²) < 4.78 is 43.0. The van der Waals surface area contributed by atoms with Crippen molar-refractivity contribution in [1.82, 2.24) is 0 Å². The van der Waals surface area contributed by atoms with E-state index in [1.54, 1.807) is 0 Å². The van der Waals surface area contributed by atoms with Gasteiger partial charge in [0.1, 0.15) is 11.6 Å². The van der Waals surface area contributed by atoms with Crippen molar-refractivity contribution in [3.8, 4) is 5.75 Å². The molecule has 0 bridgehead atoms. The molecule has 0 fully saturated rings. The van der Waals surface area contributed by atoms with Crippen molar-refractivity contribution in [1.29, 1.82) is 0 Å². The SMILES string of the molecule is C[Si](C)(C)CCOP(=O)(OCC[Si](C)(C)C)Oc1ccc(F)cc1CO. The number of halogens is 1. The van der Waals surface area contributed by atoms with E-state index in [9.17, 15) is 14.1 Å². The number of aliphatic hydroxyl groups is 1. The fourth-order valence-electron chi connectivity index (χ4n) is 1.90. The van der Waals surface area contributed by atoms with Crippen LogP contribution in [0.5, 0.6) is 5.75 Å². The normalized spacial score (nSPS) is 13.1. The number of hydrogen-bond donors (Lipinski definition) is 1. The van der Waals surface area contributed by atoms with Crippen LogP contribution >= 0.6 is 7.82 Å². The molecule has 0 unspecified atom stereocenters. The topological polar surface area (TPSA) is 65.0 Å². The van der Waals surface area contributed by atoms with Crippen molar-refractivity contribution in [3.63, 3.8) is 0 Å². The summed E-state index contributed by atoms with van der Waals surface area (Å²) in [5.41, 5.74) is 0.202. The van der Waals surface area contributed by atoms with Gasteiger partial charge < -0.3 is 9.63 Å². The Morgan fingerprint density at radius 3 is 1.92 bits per heavy atom. The highest BCUT2D eigenvalue weighted by atomic mass is 31.2. The number of aliphatic hydroxyl groups excluding tert-OH is 1. The lowest BCUT2D eigenvalue weighted by molar-refractivity contribution is 0.165. The highest BCUT2D eigenvalue weighted by Crippen LogP contribution is 2.51. The Labute approximate surface area is 158 Å². The quantitative estimate of drug-likeness (QED) is 0.376. The predicted octanol–water partition coefficient (Wildman–Crippen LogP) is 5.51. The highest BCUT2D eigenvalue weighted by molar-refractivity contribution is 7.49. The Bertz CT molecular complexity index is 605. The summed E-state index contributed by atoms with van der Waals surface area (Å²) in [7, 11) is -6.61. The highest BCUT2D eigenvalue weighted by Gasteiger charge is 2.31. The van der Waals surface area contributed by atoms with E-state index >= 15 is 0 Å². The molecule has 0 aromatic heterocycles. The maximum atomic E-state index is 13.3. The van der Waals surface area contributed by atoms with Crippen LogP contribution in [0.15, 0.2) is 18.2 Å². The first-order valence-corrected chi connectivity index (χ1v) is 17.7. The van der Waals surface area contributed by atoms with E-state index in [0.717, 1.165) is 18.2 Å². The number of phosphoric ester groups is 1. The third kappa shape index (κ3) is 9.44. The molecule has 1 aromatic carbocycles. The Kier molecular flexibility index (Phi) is 8.70. The molecule has 0 aliphatic rings. The predicted molar refractivity (Wildman–Crippen MR) is 109 cm³/mol. The van der Waals surface area contributed by atoms with Crippen LogP contribution in [0.2, 0.25) is 51.4 Å². The van der Waals surface area contributed by atoms with Crippen LogP contribution in [0.25, 0.3) is 0 Å². The first kappa shape index (κ1) is 23.5. The molecule has 0 radical (unpaired) electrons. The standard InChI is InChI=1S/C17H32FO5PSi2/c1-25(2,3)11-9-21-24(20,22-10-12-26(4,5)6)23-17-8-7-16(18)13-15(17)14-19/h7-8,13,19H,9-12,14H2,1-6H3. The van der Waals surface area contributed by atoms with Gasteiger partial charge in [-0.05, 0) is 30.3 Å². The number of hydrogen-bond acceptors (Lipinski definition) is 5. The number of benzene rings is 1. The zero-order chi connectivity index (χ0) is 20.0. The molecule has 0 saturated heterocycles. The van der Waals surface area contributed by atoms with Crippen LogP contribution in [0, 0.1) is 5.82 Å².